The van der Waals surface area contributed by atoms with Crippen molar-refractivity contribution >= 4 is 34.4 Å². The summed E-state index contributed by atoms with van der Waals surface area (Å²) in [5.74, 6) is 0.733. The van der Waals surface area contributed by atoms with Crippen LogP contribution in [0.3, 0.4) is 0 Å². The van der Waals surface area contributed by atoms with Crippen LogP contribution in [0.2, 0.25) is 0 Å². The fourth-order valence-electron chi connectivity index (χ4n) is 4.04. The van der Waals surface area contributed by atoms with Crippen LogP contribution in [0.5, 0.6) is 5.75 Å². The number of hydrogen-bond acceptors (Lipinski definition) is 9. The lowest BCUT2D eigenvalue weighted by Crippen LogP contribution is -2.37. The number of amides is 2. The number of nitrogens with zero attached hydrogens (tertiary/aromatic N) is 5. The van der Waals surface area contributed by atoms with E-state index in [9.17, 15) is 9.59 Å². The molecule has 0 spiro atoms. The number of nitrogens with one attached hydrogen (secondary N) is 2. The molecule has 0 radical (unpaired) electrons. The number of hydrogen-bond donors (Lipinski definition) is 2. The summed E-state index contributed by atoms with van der Waals surface area (Å²) in [5.41, 5.74) is 1.44. The number of anilines is 2. The first-order valence-electron chi connectivity index (χ1n) is 11.9. The van der Waals surface area contributed by atoms with Crippen molar-refractivity contribution in [1.29, 1.82) is 0 Å². The highest BCUT2D eigenvalue weighted by molar-refractivity contribution is 6.04. The van der Waals surface area contributed by atoms with Crippen LogP contribution in [-0.4, -0.2) is 77.3 Å². The maximum atomic E-state index is 12.9. The summed E-state index contributed by atoms with van der Waals surface area (Å²) in [4.78, 5) is 35.6. The van der Waals surface area contributed by atoms with Crippen molar-refractivity contribution in [2.24, 2.45) is 7.05 Å². The summed E-state index contributed by atoms with van der Waals surface area (Å²) in [5, 5.41) is 11.0. The summed E-state index contributed by atoms with van der Waals surface area (Å²) in [6, 6.07) is 3.59. The number of rotatable bonds is 9. The summed E-state index contributed by atoms with van der Waals surface area (Å²) >= 11 is 0. The molecule has 0 bridgehead atoms. The van der Waals surface area contributed by atoms with Crippen molar-refractivity contribution < 1.29 is 23.8 Å². The Bertz CT molecular complexity index is 1240. The molecule has 1 aliphatic carbocycles. The number of ether oxygens (including phenoxy) is 3. The van der Waals surface area contributed by atoms with Gasteiger partial charge in [0.1, 0.15) is 30.0 Å². The molecule has 2 aliphatic rings. The molecular weight excluding hydrogens is 466 g/mol. The van der Waals surface area contributed by atoms with Gasteiger partial charge in [-0.2, -0.15) is 5.10 Å². The fourth-order valence-corrected chi connectivity index (χ4v) is 4.04. The fraction of sp³-hybridized carbons (Fsp3) is 0.458. The first-order valence-corrected chi connectivity index (χ1v) is 11.9. The predicted octanol–water partition coefficient (Wildman–Crippen LogP) is 2.11. The number of benzene rings is 1. The van der Waals surface area contributed by atoms with Gasteiger partial charge in [-0.1, -0.05) is 0 Å². The molecule has 2 aromatic heterocycles. The molecule has 1 saturated carbocycles. The van der Waals surface area contributed by atoms with E-state index in [-0.39, 0.29) is 23.9 Å². The lowest BCUT2D eigenvalue weighted by Gasteiger charge is -2.18. The minimum atomic E-state index is -0.405. The van der Waals surface area contributed by atoms with Gasteiger partial charge in [-0.05, 0) is 25.3 Å². The molecule has 36 heavy (non-hydrogen) atoms. The van der Waals surface area contributed by atoms with Crippen LogP contribution < -0.4 is 20.3 Å². The zero-order valence-corrected chi connectivity index (χ0v) is 20.3. The van der Waals surface area contributed by atoms with E-state index in [0.717, 1.165) is 36.7 Å². The molecule has 1 unspecified atom stereocenters. The van der Waals surface area contributed by atoms with Crippen molar-refractivity contribution in [3.63, 3.8) is 0 Å². The molecule has 190 valence electrons. The highest BCUT2D eigenvalue weighted by atomic mass is 16.6. The van der Waals surface area contributed by atoms with Crippen molar-refractivity contribution in [2.75, 3.05) is 43.6 Å². The Hall–Kier alpha value is -3.93. The molecule has 3 heterocycles. The second-order valence-electron chi connectivity index (χ2n) is 8.95. The van der Waals surface area contributed by atoms with Gasteiger partial charge in [0, 0.05) is 44.9 Å². The number of aryl methyl sites for hydroxylation is 1. The third-order valence-electron chi connectivity index (χ3n) is 6.02. The van der Waals surface area contributed by atoms with E-state index in [1.54, 1.807) is 24.1 Å². The molecule has 3 aromatic rings. The smallest absolute Gasteiger partial charge is 0.407 e. The third-order valence-corrected chi connectivity index (χ3v) is 6.02. The number of alkyl carbamates (subject to hydrolysis) is 1. The average Bonchev–Trinajstić information content (AvgIpc) is 3.41. The van der Waals surface area contributed by atoms with Gasteiger partial charge in [0.15, 0.2) is 0 Å². The summed E-state index contributed by atoms with van der Waals surface area (Å²) in [6.45, 7) is 2.07. The molecular formula is C24H29N7O5. The number of aromatic nitrogens is 4. The molecule has 2 fully saturated rings. The topological polar surface area (TPSA) is 133 Å². The van der Waals surface area contributed by atoms with Gasteiger partial charge in [-0.3, -0.25) is 9.48 Å². The third kappa shape index (κ3) is 5.65. The van der Waals surface area contributed by atoms with Crippen LogP contribution in [0.15, 0.2) is 30.7 Å². The van der Waals surface area contributed by atoms with Crippen LogP contribution in [-0.2, 0) is 16.5 Å². The minimum Gasteiger partial charge on any atom is -0.489 e. The SMILES string of the molecule is COCCOc1cc2nn(C)cc2cc1NC(=O)c1cnc(N2CCC(NC(=O)OC3CC3)C2)cn1. The highest BCUT2D eigenvalue weighted by Crippen LogP contribution is 2.30. The van der Waals surface area contributed by atoms with Crippen molar-refractivity contribution in [2.45, 2.75) is 31.4 Å². The van der Waals surface area contributed by atoms with Crippen molar-refractivity contribution in [3.8, 4) is 5.75 Å². The van der Waals surface area contributed by atoms with Crippen LogP contribution in [0.4, 0.5) is 16.3 Å². The maximum absolute atomic E-state index is 12.9. The number of carbonyl (C=O) groups excluding carboxylic acids is 2. The van der Waals surface area contributed by atoms with Crippen LogP contribution in [0.25, 0.3) is 10.9 Å². The van der Waals surface area contributed by atoms with Crippen LogP contribution in [0.1, 0.15) is 29.8 Å². The van der Waals surface area contributed by atoms with Crippen LogP contribution in [0, 0.1) is 0 Å². The Morgan fingerprint density at radius 1 is 1.14 bits per heavy atom. The van der Waals surface area contributed by atoms with Crippen LogP contribution >= 0.6 is 0 Å². The second-order valence-corrected chi connectivity index (χ2v) is 8.95. The van der Waals surface area contributed by atoms with Gasteiger partial charge in [0.2, 0.25) is 0 Å². The quantitative estimate of drug-likeness (QED) is 0.428. The molecule has 1 aromatic carbocycles. The number of methoxy groups -OCH3 is 1. The monoisotopic (exact) mass is 495 g/mol. The maximum Gasteiger partial charge on any atom is 0.407 e. The van der Waals surface area contributed by atoms with E-state index in [4.69, 9.17) is 14.2 Å². The Labute approximate surface area is 207 Å². The summed E-state index contributed by atoms with van der Waals surface area (Å²) in [6.07, 6.45) is 7.26. The molecule has 12 nitrogen and oxygen atoms in total. The van der Waals surface area contributed by atoms with Gasteiger partial charge in [0.05, 0.1) is 36.2 Å². The predicted molar refractivity (Wildman–Crippen MR) is 131 cm³/mol. The van der Waals surface area contributed by atoms with E-state index < -0.39 is 5.91 Å². The molecule has 1 atom stereocenters. The van der Waals surface area contributed by atoms with Gasteiger partial charge in [0.25, 0.3) is 5.91 Å². The molecule has 2 N–H and O–H groups in total. The Morgan fingerprint density at radius 2 is 2.00 bits per heavy atom. The van der Waals surface area contributed by atoms with Gasteiger partial charge < -0.3 is 29.7 Å². The van der Waals surface area contributed by atoms with E-state index in [1.807, 2.05) is 24.2 Å². The van der Waals surface area contributed by atoms with Gasteiger partial charge in [-0.15, -0.1) is 0 Å². The second kappa shape index (κ2) is 10.4. The minimum absolute atomic E-state index is 0.0139. The Morgan fingerprint density at radius 3 is 2.75 bits per heavy atom. The Kier molecular flexibility index (Phi) is 6.85. The normalized spacial score (nSPS) is 17.3. The standard InChI is InChI=1S/C24H29N7O5/c1-30-13-15-9-19(21(10-18(15)29-30)35-8-7-34-2)28-23(32)20-11-26-22(12-25-20)31-6-5-16(14-31)27-24(33)36-17-3-4-17/h9-13,16-17H,3-8,14H2,1-2H3,(H,27,33)(H,28,32). The first-order chi connectivity index (χ1) is 17.5. The van der Waals surface area contributed by atoms with Gasteiger partial charge in [-0.25, -0.2) is 14.8 Å². The van der Waals surface area contributed by atoms with E-state index in [1.165, 1.54) is 6.20 Å². The van der Waals surface area contributed by atoms with Crippen molar-refractivity contribution in [3.05, 3.63) is 36.4 Å². The lowest BCUT2D eigenvalue weighted by molar-refractivity contribution is 0.102. The molecule has 5 rings (SSSR count). The first kappa shape index (κ1) is 23.8. The van der Waals surface area contributed by atoms with Crippen molar-refractivity contribution in [1.82, 2.24) is 25.1 Å². The Balaban J connectivity index is 1.22. The summed E-state index contributed by atoms with van der Waals surface area (Å²) in [7, 11) is 3.43. The molecule has 2 amide bonds. The highest BCUT2D eigenvalue weighted by Gasteiger charge is 2.29. The van der Waals surface area contributed by atoms with E-state index in [0.29, 0.717) is 37.0 Å². The largest absolute Gasteiger partial charge is 0.489 e. The average molecular weight is 496 g/mol. The van der Waals surface area contributed by atoms with E-state index >= 15 is 0 Å². The number of carbonyl (C=O) groups is 2. The lowest BCUT2D eigenvalue weighted by atomic mass is 10.2. The zero-order chi connectivity index (χ0) is 25.1. The van der Waals surface area contributed by atoms with E-state index in [2.05, 4.69) is 25.7 Å². The zero-order valence-electron chi connectivity index (χ0n) is 20.3. The molecule has 12 heteroatoms. The molecule has 1 saturated heterocycles. The molecule has 1 aliphatic heterocycles. The summed E-state index contributed by atoms with van der Waals surface area (Å²) < 4.78 is 17.8. The number of fused-ring (bicyclic) bond motifs is 1. The van der Waals surface area contributed by atoms with Gasteiger partial charge >= 0.3 is 6.09 Å².